The van der Waals surface area contributed by atoms with Crippen LogP contribution in [0.5, 0.6) is 0 Å². The van der Waals surface area contributed by atoms with Crippen LogP contribution in [-0.2, 0) is 14.3 Å². The number of thiazole rings is 1. The molecule has 1 heterocycles. The van der Waals surface area contributed by atoms with Gasteiger partial charge in [-0.1, -0.05) is 36.7 Å². The van der Waals surface area contributed by atoms with Gasteiger partial charge in [-0.25, -0.2) is 4.98 Å². The van der Waals surface area contributed by atoms with Crippen molar-refractivity contribution in [2.45, 2.75) is 36.1 Å². The van der Waals surface area contributed by atoms with Gasteiger partial charge in [0.15, 0.2) is 10.9 Å². The molecule has 0 saturated heterocycles. The van der Waals surface area contributed by atoms with E-state index in [1.54, 1.807) is 11.3 Å². The van der Waals surface area contributed by atoms with Gasteiger partial charge in [0.1, 0.15) is 0 Å². The zero-order valence-corrected chi connectivity index (χ0v) is 14.3. The van der Waals surface area contributed by atoms with E-state index in [1.807, 2.05) is 24.3 Å². The van der Waals surface area contributed by atoms with Gasteiger partial charge in [-0.15, -0.1) is 11.3 Å². The van der Waals surface area contributed by atoms with E-state index in [0.29, 0.717) is 0 Å². The van der Waals surface area contributed by atoms with Crippen LogP contribution in [-0.4, -0.2) is 35.3 Å². The van der Waals surface area contributed by atoms with Crippen LogP contribution < -0.4 is 5.32 Å². The summed E-state index contributed by atoms with van der Waals surface area (Å²) in [6.07, 6.45) is 4.35. The molecule has 1 N–H and O–H groups in total. The van der Waals surface area contributed by atoms with Gasteiger partial charge in [0.25, 0.3) is 5.91 Å². The molecule has 0 unspecified atom stereocenters. The lowest BCUT2D eigenvalue weighted by Crippen LogP contribution is -2.36. The number of nitrogens with zero attached hydrogens (tertiary/aromatic N) is 1. The quantitative estimate of drug-likeness (QED) is 0.641. The number of hydrogen-bond donors (Lipinski definition) is 1. The number of carbonyl (C=O) groups excluding carboxylic acids is 2. The van der Waals surface area contributed by atoms with Crippen molar-refractivity contribution >= 4 is 45.2 Å². The average Bonchev–Trinajstić information content (AvgIpc) is 3.19. The lowest BCUT2D eigenvalue weighted by Gasteiger charge is -2.11. The first-order valence-electron chi connectivity index (χ1n) is 7.64. The van der Waals surface area contributed by atoms with Crippen molar-refractivity contribution in [2.24, 2.45) is 0 Å². The number of hydrogen-bond acceptors (Lipinski definition) is 6. The molecule has 1 amide bonds. The van der Waals surface area contributed by atoms with Crippen LogP contribution in [0.1, 0.15) is 25.7 Å². The highest BCUT2D eigenvalue weighted by Gasteiger charge is 2.18. The minimum atomic E-state index is -0.393. The maximum absolute atomic E-state index is 11.7. The first kappa shape index (κ1) is 16.3. The summed E-state index contributed by atoms with van der Waals surface area (Å²) in [5, 5.41) is 2.89. The fourth-order valence-electron chi connectivity index (χ4n) is 2.56. The van der Waals surface area contributed by atoms with Crippen LogP contribution in [0.15, 0.2) is 28.6 Å². The first-order valence-corrected chi connectivity index (χ1v) is 9.44. The highest BCUT2D eigenvalue weighted by atomic mass is 32.2. The first-order chi connectivity index (χ1) is 11.2. The van der Waals surface area contributed by atoms with E-state index >= 15 is 0 Å². The minimum absolute atomic E-state index is 0.163. The van der Waals surface area contributed by atoms with Gasteiger partial charge < -0.3 is 10.1 Å². The van der Waals surface area contributed by atoms with E-state index in [1.165, 1.54) is 11.8 Å². The molecule has 0 atom stereocenters. The molecule has 0 radical (unpaired) electrons. The second-order valence-corrected chi connectivity index (χ2v) is 7.70. The third-order valence-electron chi connectivity index (χ3n) is 3.67. The number of para-hydroxylation sites is 1. The molecule has 1 aromatic heterocycles. The van der Waals surface area contributed by atoms with Gasteiger partial charge >= 0.3 is 5.97 Å². The lowest BCUT2D eigenvalue weighted by atomic mass is 10.2. The van der Waals surface area contributed by atoms with Crippen molar-refractivity contribution in [1.29, 1.82) is 0 Å². The highest BCUT2D eigenvalue weighted by Crippen LogP contribution is 2.29. The number of nitrogens with one attached hydrogen (secondary N) is 1. The zero-order valence-electron chi connectivity index (χ0n) is 12.6. The molecule has 1 saturated carbocycles. The number of rotatable bonds is 6. The maximum Gasteiger partial charge on any atom is 0.316 e. The monoisotopic (exact) mass is 350 g/mol. The van der Waals surface area contributed by atoms with Crippen LogP contribution in [0.2, 0.25) is 0 Å². The standard InChI is InChI=1S/C16H18N2O3S2/c19-14(17-11-5-1-2-6-11)9-21-15(20)10-22-16-18-12-7-3-4-8-13(12)23-16/h3-4,7-8,11H,1-2,5-6,9-10H2,(H,17,19). The van der Waals surface area contributed by atoms with Crippen LogP contribution >= 0.6 is 23.1 Å². The molecule has 1 aromatic carbocycles. The Kier molecular flexibility index (Phi) is 5.51. The molecule has 23 heavy (non-hydrogen) atoms. The lowest BCUT2D eigenvalue weighted by molar-refractivity contribution is -0.146. The van der Waals surface area contributed by atoms with Crippen LogP contribution in [0.4, 0.5) is 0 Å². The van der Waals surface area contributed by atoms with Crippen molar-refractivity contribution in [2.75, 3.05) is 12.4 Å². The Balaban J connectivity index is 1.39. The Morgan fingerprint density at radius 2 is 2.09 bits per heavy atom. The van der Waals surface area contributed by atoms with E-state index in [4.69, 9.17) is 4.74 Å². The third kappa shape index (κ3) is 4.68. The third-order valence-corrected chi connectivity index (χ3v) is 5.83. The van der Waals surface area contributed by atoms with Crippen molar-refractivity contribution < 1.29 is 14.3 Å². The molecule has 1 fully saturated rings. The Morgan fingerprint density at radius 1 is 1.30 bits per heavy atom. The van der Waals surface area contributed by atoms with Crippen molar-refractivity contribution in [3.8, 4) is 0 Å². The summed E-state index contributed by atoms with van der Waals surface area (Å²) in [5.74, 6) is -0.442. The van der Waals surface area contributed by atoms with E-state index in [0.717, 1.165) is 40.2 Å². The summed E-state index contributed by atoms with van der Waals surface area (Å²) < 4.78 is 6.94. The van der Waals surface area contributed by atoms with Gasteiger partial charge in [-0.2, -0.15) is 0 Å². The number of aromatic nitrogens is 1. The average molecular weight is 350 g/mol. The summed E-state index contributed by atoms with van der Waals surface area (Å²) in [6.45, 7) is -0.199. The Hall–Kier alpha value is -1.60. The molecular weight excluding hydrogens is 332 g/mol. The molecule has 1 aliphatic rings. The van der Waals surface area contributed by atoms with Gasteiger partial charge in [0.05, 0.1) is 16.0 Å². The molecule has 122 valence electrons. The molecular formula is C16H18N2O3S2. The summed E-state index contributed by atoms with van der Waals surface area (Å²) in [4.78, 5) is 27.9. The Morgan fingerprint density at radius 3 is 2.87 bits per heavy atom. The van der Waals surface area contributed by atoms with E-state index in [2.05, 4.69) is 10.3 Å². The molecule has 0 spiro atoms. The topological polar surface area (TPSA) is 68.3 Å². The zero-order chi connectivity index (χ0) is 16.1. The fourth-order valence-corrected chi connectivity index (χ4v) is 4.43. The van der Waals surface area contributed by atoms with Crippen LogP contribution in [0, 0.1) is 0 Å². The number of amides is 1. The Labute approximate surface area is 142 Å². The number of carbonyl (C=O) groups is 2. The molecule has 7 heteroatoms. The van der Waals surface area contributed by atoms with E-state index in [-0.39, 0.29) is 24.3 Å². The van der Waals surface area contributed by atoms with Crippen molar-refractivity contribution in [3.05, 3.63) is 24.3 Å². The Bertz CT molecular complexity index is 662. The van der Waals surface area contributed by atoms with Crippen molar-refractivity contribution in [1.82, 2.24) is 10.3 Å². The molecule has 0 aliphatic heterocycles. The fraction of sp³-hybridized carbons (Fsp3) is 0.438. The maximum atomic E-state index is 11.7. The SMILES string of the molecule is O=C(COC(=O)CSc1nc2ccccc2s1)NC1CCCC1. The number of esters is 1. The highest BCUT2D eigenvalue weighted by molar-refractivity contribution is 8.01. The van der Waals surface area contributed by atoms with E-state index < -0.39 is 5.97 Å². The van der Waals surface area contributed by atoms with Crippen molar-refractivity contribution in [3.63, 3.8) is 0 Å². The molecule has 3 rings (SSSR count). The molecule has 2 aromatic rings. The predicted molar refractivity (Wildman–Crippen MR) is 91.7 cm³/mol. The molecule has 1 aliphatic carbocycles. The van der Waals surface area contributed by atoms with Gasteiger partial charge in [-0.3, -0.25) is 9.59 Å². The summed E-state index contributed by atoms with van der Waals surface area (Å²) in [6, 6.07) is 8.10. The number of ether oxygens (including phenoxy) is 1. The normalized spacial score (nSPS) is 15.0. The van der Waals surface area contributed by atoms with Gasteiger partial charge in [0, 0.05) is 6.04 Å². The van der Waals surface area contributed by atoms with Gasteiger partial charge in [-0.05, 0) is 25.0 Å². The number of fused-ring (bicyclic) bond motifs is 1. The summed E-state index contributed by atoms with van der Waals surface area (Å²) in [5.41, 5.74) is 0.935. The number of benzene rings is 1. The summed E-state index contributed by atoms with van der Waals surface area (Å²) in [7, 11) is 0. The number of thioether (sulfide) groups is 1. The second kappa shape index (κ2) is 7.79. The molecule has 0 bridgehead atoms. The second-order valence-electron chi connectivity index (χ2n) is 5.45. The van der Waals surface area contributed by atoms with Crippen LogP contribution in [0.25, 0.3) is 10.2 Å². The minimum Gasteiger partial charge on any atom is -0.455 e. The largest absolute Gasteiger partial charge is 0.455 e. The predicted octanol–water partition coefficient (Wildman–Crippen LogP) is 2.99. The molecule has 5 nitrogen and oxygen atoms in total. The summed E-state index contributed by atoms with van der Waals surface area (Å²) >= 11 is 2.89. The smallest absolute Gasteiger partial charge is 0.316 e. The van der Waals surface area contributed by atoms with E-state index in [9.17, 15) is 9.59 Å². The van der Waals surface area contributed by atoms with Gasteiger partial charge in [0.2, 0.25) is 0 Å². The van der Waals surface area contributed by atoms with Crippen LogP contribution in [0.3, 0.4) is 0 Å².